The third-order valence-electron chi connectivity index (χ3n) is 2.19. The molecule has 90 valence electrons. The molecule has 0 aliphatic carbocycles. The highest BCUT2D eigenvalue weighted by atomic mass is 35.5. The van der Waals surface area contributed by atoms with E-state index in [1.165, 1.54) is 5.56 Å². The zero-order chi connectivity index (χ0) is 11.4. The van der Waals surface area contributed by atoms with Gasteiger partial charge in [0, 0.05) is 18.3 Å². The van der Waals surface area contributed by atoms with Gasteiger partial charge in [0.05, 0.1) is 0 Å². The number of nitrogens with two attached hydrogens (primary N) is 1. The van der Waals surface area contributed by atoms with Gasteiger partial charge in [-0.25, -0.2) is 4.98 Å². The molecule has 4 nitrogen and oxygen atoms in total. The molecule has 0 aliphatic rings. The van der Waals surface area contributed by atoms with Crippen molar-refractivity contribution in [3.63, 3.8) is 0 Å². The minimum Gasteiger partial charge on any atom is -0.368 e. The van der Waals surface area contributed by atoms with Crippen LogP contribution in [0.1, 0.15) is 11.3 Å². The van der Waals surface area contributed by atoms with Gasteiger partial charge in [-0.3, -0.25) is 0 Å². The summed E-state index contributed by atoms with van der Waals surface area (Å²) in [4.78, 5) is 8.12. The molecule has 0 fully saturated rings. The van der Waals surface area contributed by atoms with E-state index in [4.69, 9.17) is 5.73 Å². The molecular weight excluding hydrogens is 236 g/mol. The van der Waals surface area contributed by atoms with Gasteiger partial charge in [-0.1, -0.05) is 30.3 Å². The quantitative estimate of drug-likeness (QED) is 0.878. The molecule has 0 saturated carbocycles. The molecule has 0 radical (unpaired) electrons. The Kier molecular flexibility index (Phi) is 4.72. The molecule has 0 spiro atoms. The van der Waals surface area contributed by atoms with Crippen molar-refractivity contribution in [2.24, 2.45) is 0 Å². The third kappa shape index (κ3) is 3.92. The fourth-order valence-corrected chi connectivity index (χ4v) is 1.47. The second kappa shape index (κ2) is 6.06. The first-order valence-electron chi connectivity index (χ1n) is 5.13. The van der Waals surface area contributed by atoms with E-state index >= 15 is 0 Å². The number of benzene rings is 1. The predicted octanol–water partition coefficient (Wildman–Crippen LogP) is 2.40. The average molecular weight is 251 g/mol. The fourth-order valence-electron chi connectivity index (χ4n) is 1.47. The van der Waals surface area contributed by atoms with Crippen LogP contribution in [0.25, 0.3) is 0 Å². The van der Waals surface area contributed by atoms with Crippen molar-refractivity contribution in [1.29, 1.82) is 0 Å². The van der Waals surface area contributed by atoms with Crippen LogP contribution in [0, 0.1) is 6.92 Å². The van der Waals surface area contributed by atoms with Crippen LogP contribution in [-0.4, -0.2) is 9.97 Å². The molecule has 2 rings (SSSR count). The van der Waals surface area contributed by atoms with E-state index in [1.54, 1.807) is 0 Å². The van der Waals surface area contributed by atoms with Crippen LogP contribution >= 0.6 is 12.4 Å². The number of anilines is 2. The summed E-state index contributed by atoms with van der Waals surface area (Å²) in [5.41, 5.74) is 7.64. The van der Waals surface area contributed by atoms with Crippen molar-refractivity contribution in [2.45, 2.75) is 13.5 Å². The van der Waals surface area contributed by atoms with Gasteiger partial charge < -0.3 is 11.1 Å². The summed E-state index contributed by atoms with van der Waals surface area (Å²) in [6, 6.07) is 12.0. The highest BCUT2D eigenvalue weighted by Gasteiger charge is 1.98. The summed E-state index contributed by atoms with van der Waals surface area (Å²) in [6.07, 6.45) is 0. The highest BCUT2D eigenvalue weighted by molar-refractivity contribution is 5.85. The molecule has 0 saturated heterocycles. The van der Waals surface area contributed by atoms with E-state index in [0.717, 1.165) is 18.1 Å². The Labute approximate surface area is 107 Å². The normalized spacial score (nSPS) is 9.47. The maximum absolute atomic E-state index is 5.57. The number of rotatable bonds is 3. The Morgan fingerprint density at radius 3 is 2.53 bits per heavy atom. The second-order valence-corrected chi connectivity index (χ2v) is 3.59. The first kappa shape index (κ1) is 13.3. The minimum atomic E-state index is 0. The molecule has 1 heterocycles. The standard InChI is InChI=1S/C12H14N4.ClH/c1-9-7-11(16-12(13)15-9)14-8-10-5-3-2-4-6-10;/h2-7H,8H2,1H3,(H3,13,14,15,16);1H. The molecule has 0 atom stereocenters. The molecule has 0 bridgehead atoms. The van der Waals surface area contributed by atoms with Gasteiger partial charge in [0.1, 0.15) is 5.82 Å². The molecule has 0 amide bonds. The summed E-state index contributed by atoms with van der Waals surface area (Å²) in [5.74, 6) is 1.06. The Hall–Kier alpha value is -1.81. The van der Waals surface area contributed by atoms with Crippen molar-refractivity contribution in [3.8, 4) is 0 Å². The van der Waals surface area contributed by atoms with Gasteiger partial charge in [0.15, 0.2) is 0 Å². The molecule has 17 heavy (non-hydrogen) atoms. The zero-order valence-electron chi connectivity index (χ0n) is 9.55. The Morgan fingerprint density at radius 2 is 1.88 bits per heavy atom. The van der Waals surface area contributed by atoms with E-state index < -0.39 is 0 Å². The number of nitrogens with one attached hydrogen (secondary N) is 1. The average Bonchev–Trinajstić information content (AvgIpc) is 2.27. The van der Waals surface area contributed by atoms with Crippen LogP contribution in [0.3, 0.4) is 0 Å². The van der Waals surface area contributed by atoms with Crippen molar-refractivity contribution >= 4 is 24.2 Å². The van der Waals surface area contributed by atoms with Gasteiger partial charge in [-0.05, 0) is 12.5 Å². The molecule has 0 aliphatic heterocycles. The predicted molar refractivity (Wildman–Crippen MR) is 72.2 cm³/mol. The van der Waals surface area contributed by atoms with Crippen LogP contribution in [0.5, 0.6) is 0 Å². The van der Waals surface area contributed by atoms with Crippen LogP contribution in [0.2, 0.25) is 0 Å². The lowest BCUT2D eigenvalue weighted by Gasteiger charge is -2.06. The summed E-state index contributed by atoms with van der Waals surface area (Å²) in [5, 5.41) is 3.21. The smallest absolute Gasteiger partial charge is 0.222 e. The number of aryl methyl sites for hydroxylation is 1. The molecule has 3 N–H and O–H groups in total. The highest BCUT2D eigenvalue weighted by Crippen LogP contribution is 2.09. The van der Waals surface area contributed by atoms with Gasteiger partial charge in [-0.2, -0.15) is 4.98 Å². The van der Waals surface area contributed by atoms with E-state index in [0.29, 0.717) is 5.95 Å². The molecule has 5 heteroatoms. The van der Waals surface area contributed by atoms with Crippen molar-refractivity contribution in [3.05, 3.63) is 47.7 Å². The fraction of sp³-hybridized carbons (Fsp3) is 0.167. The summed E-state index contributed by atoms with van der Waals surface area (Å²) in [7, 11) is 0. The van der Waals surface area contributed by atoms with Crippen LogP contribution in [0.4, 0.5) is 11.8 Å². The largest absolute Gasteiger partial charge is 0.368 e. The molecular formula is C12H15ClN4. The first-order valence-corrected chi connectivity index (χ1v) is 5.13. The Morgan fingerprint density at radius 1 is 1.18 bits per heavy atom. The second-order valence-electron chi connectivity index (χ2n) is 3.59. The van der Waals surface area contributed by atoms with E-state index in [-0.39, 0.29) is 12.4 Å². The number of aromatic nitrogens is 2. The van der Waals surface area contributed by atoms with Gasteiger partial charge >= 0.3 is 0 Å². The number of nitrogen functional groups attached to an aromatic ring is 1. The summed E-state index contributed by atoms with van der Waals surface area (Å²) in [6.45, 7) is 2.63. The van der Waals surface area contributed by atoms with Crippen molar-refractivity contribution in [1.82, 2.24) is 9.97 Å². The molecule has 2 aromatic rings. The lowest BCUT2D eigenvalue weighted by Crippen LogP contribution is -2.05. The summed E-state index contributed by atoms with van der Waals surface area (Å²) >= 11 is 0. The topological polar surface area (TPSA) is 63.8 Å². The Balaban J connectivity index is 0.00000144. The number of hydrogen-bond donors (Lipinski definition) is 2. The lowest BCUT2D eigenvalue weighted by atomic mass is 10.2. The van der Waals surface area contributed by atoms with Crippen LogP contribution in [0.15, 0.2) is 36.4 Å². The van der Waals surface area contributed by atoms with E-state index in [1.807, 2.05) is 31.2 Å². The monoisotopic (exact) mass is 250 g/mol. The minimum absolute atomic E-state index is 0. The van der Waals surface area contributed by atoms with Gasteiger partial charge in [0.2, 0.25) is 5.95 Å². The van der Waals surface area contributed by atoms with Crippen LogP contribution in [-0.2, 0) is 6.54 Å². The van der Waals surface area contributed by atoms with Gasteiger partial charge in [0.25, 0.3) is 0 Å². The number of halogens is 1. The maximum atomic E-state index is 5.57. The summed E-state index contributed by atoms with van der Waals surface area (Å²) < 4.78 is 0. The third-order valence-corrected chi connectivity index (χ3v) is 2.19. The van der Waals surface area contributed by atoms with E-state index in [9.17, 15) is 0 Å². The maximum Gasteiger partial charge on any atom is 0.222 e. The van der Waals surface area contributed by atoms with Crippen LogP contribution < -0.4 is 11.1 Å². The van der Waals surface area contributed by atoms with E-state index in [2.05, 4.69) is 27.4 Å². The molecule has 0 unspecified atom stereocenters. The SMILES string of the molecule is Cc1cc(NCc2ccccc2)nc(N)n1.Cl. The molecule has 1 aromatic heterocycles. The molecule has 1 aromatic carbocycles. The Bertz CT molecular complexity index is 453. The first-order chi connectivity index (χ1) is 7.74. The number of nitrogens with zero attached hydrogens (tertiary/aromatic N) is 2. The van der Waals surface area contributed by atoms with Crippen molar-refractivity contribution in [2.75, 3.05) is 11.1 Å². The van der Waals surface area contributed by atoms with Crippen molar-refractivity contribution < 1.29 is 0 Å². The zero-order valence-corrected chi connectivity index (χ0v) is 10.4. The lowest BCUT2D eigenvalue weighted by molar-refractivity contribution is 1.06. The number of hydrogen-bond acceptors (Lipinski definition) is 4. The van der Waals surface area contributed by atoms with Gasteiger partial charge in [-0.15, -0.1) is 12.4 Å².